The number of hydrogen-bond donors (Lipinski definition) is 0. The van der Waals surface area contributed by atoms with Gasteiger partial charge in [-0.25, -0.2) is 0 Å². The van der Waals surface area contributed by atoms with Crippen molar-refractivity contribution in [2.45, 2.75) is 113 Å². The normalized spacial score (nSPS) is 44.7. The van der Waals surface area contributed by atoms with Crippen LogP contribution in [0, 0.1) is 39.4 Å². The van der Waals surface area contributed by atoms with Gasteiger partial charge >= 0.3 is 5.97 Å². The first-order valence-corrected chi connectivity index (χ1v) is 12.7. The van der Waals surface area contributed by atoms with Gasteiger partial charge in [-0.3, -0.25) is 9.59 Å². The van der Waals surface area contributed by atoms with E-state index in [1.165, 1.54) is 38.5 Å². The number of ketones is 1. The SMILES string of the molecule is CC(=O)O[C@@H]1CC[C@]2(C)C3=C(CC[C@H]2C1(C)C)[C@]1(C)CC[C@H]([C@@H](C)C(C)=O)[C@@]1(C)CC3. The molecule has 2 saturated carbocycles. The number of hydrogen-bond acceptors (Lipinski definition) is 3. The van der Waals surface area contributed by atoms with Crippen LogP contribution in [0.25, 0.3) is 0 Å². The number of Topliss-reactive ketones (excluding diaryl/α,β-unsaturated/α-hetero) is 1. The zero-order chi connectivity index (χ0) is 23.0. The molecule has 0 saturated heterocycles. The molecule has 0 radical (unpaired) electrons. The maximum atomic E-state index is 12.3. The van der Waals surface area contributed by atoms with Crippen LogP contribution in [0.4, 0.5) is 0 Å². The van der Waals surface area contributed by atoms with Crippen LogP contribution >= 0.6 is 0 Å². The number of rotatable bonds is 3. The molecule has 0 spiro atoms. The standard InChI is InChI=1S/C28H44O3/c1-17(18(2)29)20-11-15-28(8)22-9-10-23-25(4,5)24(31-19(3)30)13-14-26(23,6)21(22)12-16-27(20,28)7/h17,20,23-24H,9-16H2,1-8H3/t17-,20+,23-,24+,26+,27+,28-/m0/s1. The molecule has 0 bridgehead atoms. The van der Waals surface area contributed by atoms with Gasteiger partial charge in [0.05, 0.1) is 0 Å². The van der Waals surface area contributed by atoms with Gasteiger partial charge in [0.2, 0.25) is 0 Å². The Hall–Kier alpha value is -1.12. The van der Waals surface area contributed by atoms with E-state index in [0.29, 0.717) is 17.6 Å². The quantitative estimate of drug-likeness (QED) is 0.363. The summed E-state index contributed by atoms with van der Waals surface area (Å²) in [5.41, 5.74) is 4.15. The number of carbonyl (C=O) groups excluding carboxylic acids is 2. The molecule has 174 valence electrons. The van der Waals surface area contributed by atoms with Crippen LogP contribution in [0.2, 0.25) is 0 Å². The molecule has 7 atom stereocenters. The second kappa shape index (κ2) is 7.19. The number of carbonyl (C=O) groups is 2. The smallest absolute Gasteiger partial charge is 0.302 e. The molecule has 0 heterocycles. The highest BCUT2D eigenvalue weighted by molar-refractivity contribution is 5.78. The van der Waals surface area contributed by atoms with Crippen LogP contribution in [0.3, 0.4) is 0 Å². The first kappa shape index (κ1) is 23.1. The predicted molar refractivity (Wildman–Crippen MR) is 124 cm³/mol. The van der Waals surface area contributed by atoms with E-state index in [9.17, 15) is 9.59 Å². The van der Waals surface area contributed by atoms with E-state index in [0.717, 1.165) is 12.8 Å². The van der Waals surface area contributed by atoms with E-state index in [4.69, 9.17) is 4.74 Å². The van der Waals surface area contributed by atoms with Gasteiger partial charge in [-0.15, -0.1) is 0 Å². The molecular formula is C28H44O3. The summed E-state index contributed by atoms with van der Waals surface area (Å²) in [6.07, 6.45) is 9.30. The monoisotopic (exact) mass is 428 g/mol. The molecule has 4 rings (SSSR count). The van der Waals surface area contributed by atoms with Gasteiger partial charge in [0, 0.05) is 18.3 Å². The van der Waals surface area contributed by atoms with Crippen molar-refractivity contribution in [2.24, 2.45) is 39.4 Å². The van der Waals surface area contributed by atoms with E-state index < -0.39 is 0 Å². The lowest BCUT2D eigenvalue weighted by molar-refractivity contribution is -0.167. The third-order valence-corrected chi connectivity index (χ3v) is 11.3. The Morgan fingerprint density at radius 3 is 2.19 bits per heavy atom. The van der Waals surface area contributed by atoms with Crippen molar-refractivity contribution >= 4 is 11.8 Å². The van der Waals surface area contributed by atoms with Crippen LogP contribution in [-0.4, -0.2) is 17.9 Å². The van der Waals surface area contributed by atoms with E-state index in [2.05, 4.69) is 41.5 Å². The summed E-state index contributed by atoms with van der Waals surface area (Å²) >= 11 is 0. The van der Waals surface area contributed by atoms with Gasteiger partial charge in [-0.1, -0.05) is 52.7 Å². The van der Waals surface area contributed by atoms with Crippen molar-refractivity contribution in [3.05, 3.63) is 11.1 Å². The van der Waals surface area contributed by atoms with Gasteiger partial charge in [0.15, 0.2) is 0 Å². The Morgan fingerprint density at radius 1 is 0.903 bits per heavy atom. The Balaban J connectivity index is 1.72. The van der Waals surface area contributed by atoms with Crippen molar-refractivity contribution in [1.29, 1.82) is 0 Å². The molecule has 2 fully saturated rings. The fourth-order valence-electron chi connectivity index (χ4n) is 9.20. The topological polar surface area (TPSA) is 43.4 Å². The highest BCUT2D eigenvalue weighted by Crippen LogP contribution is 2.72. The van der Waals surface area contributed by atoms with Crippen LogP contribution in [0.1, 0.15) is 107 Å². The minimum absolute atomic E-state index is 0.000209. The molecule has 4 aliphatic rings. The summed E-state index contributed by atoms with van der Waals surface area (Å²) in [4.78, 5) is 24.1. The van der Waals surface area contributed by atoms with E-state index in [1.807, 2.05) is 0 Å². The highest BCUT2D eigenvalue weighted by atomic mass is 16.5. The molecule has 3 heteroatoms. The molecule has 3 nitrogen and oxygen atoms in total. The Morgan fingerprint density at radius 2 is 1.58 bits per heavy atom. The van der Waals surface area contributed by atoms with E-state index >= 15 is 0 Å². The zero-order valence-electron chi connectivity index (χ0n) is 21.2. The van der Waals surface area contributed by atoms with Crippen LogP contribution < -0.4 is 0 Å². The van der Waals surface area contributed by atoms with Crippen molar-refractivity contribution in [3.8, 4) is 0 Å². The maximum Gasteiger partial charge on any atom is 0.302 e. The van der Waals surface area contributed by atoms with Crippen molar-refractivity contribution in [3.63, 3.8) is 0 Å². The molecule has 0 aromatic carbocycles. The Bertz CT molecular complexity index is 822. The van der Waals surface area contributed by atoms with Gasteiger partial charge in [-0.2, -0.15) is 0 Å². The zero-order valence-corrected chi connectivity index (χ0v) is 21.2. The highest BCUT2D eigenvalue weighted by Gasteiger charge is 2.63. The lowest BCUT2D eigenvalue weighted by Crippen LogP contribution is -2.55. The van der Waals surface area contributed by atoms with Crippen molar-refractivity contribution in [2.75, 3.05) is 0 Å². The molecule has 4 aliphatic carbocycles. The minimum Gasteiger partial charge on any atom is -0.462 e. The van der Waals surface area contributed by atoms with Crippen molar-refractivity contribution < 1.29 is 14.3 Å². The van der Waals surface area contributed by atoms with E-state index in [1.54, 1.807) is 25.0 Å². The van der Waals surface area contributed by atoms with Gasteiger partial charge in [0.25, 0.3) is 0 Å². The molecule has 31 heavy (non-hydrogen) atoms. The van der Waals surface area contributed by atoms with Crippen molar-refractivity contribution in [1.82, 2.24) is 0 Å². The maximum absolute atomic E-state index is 12.3. The summed E-state index contributed by atoms with van der Waals surface area (Å²) in [6, 6.07) is 0. The first-order chi connectivity index (χ1) is 14.3. The fourth-order valence-corrected chi connectivity index (χ4v) is 9.20. The molecule has 0 aromatic rings. The second-order valence-corrected chi connectivity index (χ2v) is 12.7. The number of ether oxygens (including phenoxy) is 1. The van der Waals surface area contributed by atoms with Crippen LogP contribution in [0.15, 0.2) is 11.1 Å². The summed E-state index contributed by atoms with van der Waals surface area (Å²) in [7, 11) is 0. The predicted octanol–water partition coefficient (Wildman–Crippen LogP) is 6.89. The van der Waals surface area contributed by atoms with Gasteiger partial charge in [0.1, 0.15) is 11.9 Å². The summed E-state index contributed by atoms with van der Waals surface area (Å²) < 4.78 is 5.82. The Labute approximate surface area is 189 Å². The molecule has 0 aromatic heterocycles. The number of fused-ring (bicyclic) bond motifs is 4. The average molecular weight is 429 g/mol. The largest absolute Gasteiger partial charge is 0.462 e. The first-order valence-electron chi connectivity index (χ1n) is 12.7. The molecule has 0 aliphatic heterocycles. The molecule has 0 N–H and O–H groups in total. The lowest BCUT2D eigenvalue weighted by atomic mass is 9.43. The second-order valence-electron chi connectivity index (χ2n) is 12.7. The Kier molecular flexibility index (Phi) is 5.35. The summed E-state index contributed by atoms with van der Waals surface area (Å²) in [6.45, 7) is 17.7. The van der Waals surface area contributed by atoms with Gasteiger partial charge < -0.3 is 4.74 Å². The number of esters is 1. The molecule has 0 amide bonds. The summed E-state index contributed by atoms with van der Waals surface area (Å²) in [5, 5.41) is 0. The van der Waals surface area contributed by atoms with Crippen LogP contribution in [0.5, 0.6) is 0 Å². The number of allylic oxidation sites excluding steroid dienone is 2. The molecular weight excluding hydrogens is 384 g/mol. The third-order valence-electron chi connectivity index (χ3n) is 11.3. The lowest BCUT2D eigenvalue weighted by Gasteiger charge is -2.62. The average Bonchev–Trinajstić information content (AvgIpc) is 2.95. The minimum atomic E-state index is -0.144. The summed E-state index contributed by atoms with van der Waals surface area (Å²) in [5.74, 6) is 1.44. The molecule has 0 unspecified atom stereocenters. The van der Waals surface area contributed by atoms with Gasteiger partial charge in [-0.05, 0) is 86.4 Å². The van der Waals surface area contributed by atoms with E-state index in [-0.39, 0.29) is 39.7 Å². The fraction of sp³-hybridized carbons (Fsp3) is 0.857. The van der Waals surface area contributed by atoms with Crippen LogP contribution in [-0.2, 0) is 14.3 Å². The third kappa shape index (κ3) is 3.04.